The first-order valence-corrected chi connectivity index (χ1v) is 7.53. The number of benzene rings is 1. The van der Waals surface area contributed by atoms with Gasteiger partial charge >= 0.3 is 12.1 Å². The fourth-order valence-electron chi connectivity index (χ4n) is 2.87. The summed E-state index contributed by atoms with van der Waals surface area (Å²) in [5, 5.41) is 11.8. The largest absolute Gasteiger partial charge is 0.484 e. The van der Waals surface area contributed by atoms with Crippen molar-refractivity contribution in [2.75, 3.05) is 6.61 Å². The third kappa shape index (κ3) is 5.14. The van der Waals surface area contributed by atoms with Crippen LogP contribution in [-0.2, 0) is 4.79 Å². The van der Waals surface area contributed by atoms with Crippen molar-refractivity contribution in [3.63, 3.8) is 0 Å². The Kier molecular flexibility index (Phi) is 5.36. The standard InChI is InChI=1S/C16H18F3NO4/c17-16(18,19)10-24-12-5-3-11(4-6-12)14(23)20-15(9-13(21)22)7-1-2-8-15/h3-6H,1-2,7-10H2,(H,20,23)(H,21,22). The average Bonchev–Trinajstić information content (AvgIpc) is 2.92. The second-order valence-electron chi connectivity index (χ2n) is 5.94. The van der Waals surface area contributed by atoms with Crippen LogP contribution in [0.2, 0.25) is 0 Å². The summed E-state index contributed by atoms with van der Waals surface area (Å²) in [5.74, 6) is -1.42. The van der Waals surface area contributed by atoms with Crippen LogP contribution in [0.25, 0.3) is 0 Å². The minimum absolute atomic E-state index is 0.00462. The van der Waals surface area contributed by atoms with Crippen molar-refractivity contribution in [2.45, 2.75) is 43.8 Å². The van der Waals surface area contributed by atoms with E-state index in [9.17, 15) is 22.8 Å². The van der Waals surface area contributed by atoms with Gasteiger partial charge in [-0.1, -0.05) is 12.8 Å². The van der Waals surface area contributed by atoms with Gasteiger partial charge in [-0.25, -0.2) is 0 Å². The Labute approximate surface area is 136 Å². The van der Waals surface area contributed by atoms with Crippen LogP contribution < -0.4 is 10.1 Å². The predicted molar refractivity (Wildman–Crippen MR) is 78.9 cm³/mol. The molecule has 1 saturated carbocycles. The lowest BCUT2D eigenvalue weighted by Crippen LogP contribution is -2.47. The molecule has 0 bridgehead atoms. The first kappa shape index (κ1) is 18.1. The van der Waals surface area contributed by atoms with Gasteiger partial charge in [0, 0.05) is 5.56 Å². The van der Waals surface area contributed by atoms with Crippen molar-refractivity contribution < 1.29 is 32.6 Å². The molecule has 1 aliphatic carbocycles. The molecule has 5 nitrogen and oxygen atoms in total. The van der Waals surface area contributed by atoms with Gasteiger partial charge in [-0.15, -0.1) is 0 Å². The number of carbonyl (C=O) groups excluding carboxylic acids is 1. The molecule has 0 aliphatic heterocycles. The molecule has 1 aromatic carbocycles. The van der Waals surface area contributed by atoms with Crippen LogP contribution in [0.4, 0.5) is 13.2 Å². The van der Waals surface area contributed by atoms with E-state index in [1.807, 2.05) is 0 Å². The number of hydrogen-bond donors (Lipinski definition) is 2. The molecule has 0 atom stereocenters. The van der Waals surface area contributed by atoms with E-state index >= 15 is 0 Å². The summed E-state index contributed by atoms with van der Waals surface area (Å²) < 4.78 is 40.8. The number of carbonyl (C=O) groups is 2. The second-order valence-corrected chi connectivity index (χ2v) is 5.94. The molecule has 2 N–H and O–H groups in total. The lowest BCUT2D eigenvalue weighted by Gasteiger charge is -2.28. The molecular weight excluding hydrogens is 327 g/mol. The predicted octanol–water partition coefficient (Wildman–Crippen LogP) is 3.15. The molecule has 0 unspecified atom stereocenters. The molecule has 1 fully saturated rings. The minimum atomic E-state index is -4.43. The van der Waals surface area contributed by atoms with Crippen molar-refractivity contribution in [1.82, 2.24) is 5.32 Å². The summed E-state index contributed by atoms with van der Waals surface area (Å²) in [4.78, 5) is 23.3. The highest BCUT2D eigenvalue weighted by Gasteiger charge is 2.37. The van der Waals surface area contributed by atoms with Crippen LogP contribution >= 0.6 is 0 Å². The third-order valence-corrected chi connectivity index (χ3v) is 3.95. The van der Waals surface area contributed by atoms with E-state index in [4.69, 9.17) is 5.11 Å². The summed E-state index contributed by atoms with van der Waals surface area (Å²) in [5.41, 5.74) is -0.514. The van der Waals surface area contributed by atoms with E-state index in [1.165, 1.54) is 24.3 Å². The lowest BCUT2D eigenvalue weighted by molar-refractivity contribution is -0.153. The maximum Gasteiger partial charge on any atom is 0.422 e. The monoisotopic (exact) mass is 345 g/mol. The number of halogens is 3. The average molecular weight is 345 g/mol. The fourth-order valence-corrected chi connectivity index (χ4v) is 2.87. The van der Waals surface area contributed by atoms with Crippen molar-refractivity contribution in [2.24, 2.45) is 0 Å². The zero-order valence-corrected chi connectivity index (χ0v) is 12.9. The van der Waals surface area contributed by atoms with Gasteiger partial charge in [0.25, 0.3) is 5.91 Å². The molecular formula is C16H18F3NO4. The number of nitrogens with one attached hydrogen (secondary N) is 1. The van der Waals surface area contributed by atoms with E-state index in [2.05, 4.69) is 10.1 Å². The Morgan fingerprint density at radius 2 is 1.75 bits per heavy atom. The van der Waals surface area contributed by atoms with Crippen LogP contribution in [0.1, 0.15) is 42.5 Å². The molecule has 0 saturated heterocycles. The molecule has 1 aliphatic rings. The molecule has 0 radical (unpaired) electrons. The topological polar surface area (TPSA) is 75.6 Å². The maximum atomic E-state index is 12.3. The zero-order valence-electron chi connectivity index (χ0n) is 12.9. The van der Waals surface area contributed by atoms with Gasteiger partial charge in [0.05, 0.1) is 12.0 Å². The minimum Gasteiger partial charge on any atom is -0.484 e. The number of carboxylic acids is 1. The summed E-state index contributed by atoms with van der Waals surface area (Å²) in [6.07, 6.45) is -1.70. The summed E-state index contributed by atoms with van der Waals surface area (Å²) in [6.45, 7) is -1.40. The smallest absolute Gasteiger partial charge is 0.422 e. The van der Waals surface area contributed by atoms with E-state index in [-0.39, 0.29) is 17.7 Å². The number of amides is 1. The van der Waals surface area contributed by atoms with Crippen LogP contribution in [0.3, 0.4) is 0 Å². The molecule has 0 heterocycles. The van der Waals surface area contributed by atoms with Gasteiger partial charge < -0.3 is 15.2 Å². The van der Waals surface area contributed by atoms with Crippen LogP contribution in [0, 0.1) is 0 Å². The van der Waals surface area contributed by atoms with E-state index in [1.54, 1.807) is 0 Å². The quantitative estimate of drug-likeness (QED) is 0.830. The molecule has 1 aromatic rings. The van der Waals surface area contributed by atoms with Crippen LogP contribution in [0.5, 0.6) is 5.75 Å². The summed E-state index contributed by atoms with van der Waals surface area (Å²) in [6, 6.07) is 5.26. The van der Waals surface area contributed by atoms with Gasteiger partial charge in [-0.3, -0.25) is 9.59 Å². The van der Waals surface area contributed by atoms with E-state index in [0.717, 1.165) is 12.8 Å². The first-order valence-electron chi connectivity index (χ1n) is 7.53. The molecule has 1 amide bonds. The number of hydrogen-bond acceptors (Lipinski definition) is 3. The molecule has 24 heavy (non-hydrogen) atoms. The van der Waals surface area contributed by atoms with Crippen LogP contribution in [0.15, 0.2) is 24.3 Å². The molecule has 132 valence electrons. The SMILES string of the molecule is O=C(O)CC1(NC(=O)c2ccc(OCC(F)(F)F)cc2)CCCC1. The van der Waals surface area contributed by atoms with Gasteiger partial charge in [-0.2, -0.15) is 13.2 Å². The highest BCUT2D eigenvalue weighted by atomic mass is 19.4. The molecule has 2 rings (SSSR count). The van der Waals surface area contributed by atoms with Crippen molar-refractivity contribution in [3.05, 3.63) is 29.8 Å². The van der Waals surface area contributed by atoms with E-state index < -0.39 is 30.2 Å². The molecule has 0 aromatic heterocycles. The number of carboxylic acid groups (broad SMARTS) is 1. The van der Waals surface area contributed by atoms with E-state index in [0.29, 0.717) is 12.8 Å². The summed E-state index contributed by atoms with van der Waals surface area (Å²) in [7, 11) is 0. The Hall–Kier alpha value is -2.25. The van der Waals surface area contributed by atoms with Crippen molar-refractivity contribution in [1.29, 1.82) is 0 Å². The lowest BCUT2D eigenvalue weighted by atomic mass is 9.92. The zero-order chi connectivity index (χ0) is 17.8. The Balaban J connectivity index is 2.00. The second kappa shape index (κ2) is 7.11. The Bertz CT molecular complexity index is 592. The van der Waals surface area contributed by atoms with Gasteiger partial charge in [0.15, 0.2) is 6.61 Å². The first-order chi connectivity index (χ1) is 11.2. The van der Waals surface area contributed by atoms with Crippen molar-refractivity contribution in [3.8, 4) is 5.75 Å². The van der Waals surface area contributed by atoms with Gasteiger partial charge in [0.1, 0.15) is 5.75 Å². The van der Waals surface area contributed by atoms with Gasteiger partial charge in [0.2, 0.25) is 0 Å². The Morgan fingerprint density at radius 3 is 2.25 bits per heavy atom. The molecule has 0 spiro atoms. The number of alkyl halides is 3. The number of rotatable bonds is 6. The third-order valence-electron chi connectivity index (χ3n) is 3.95. The Morgan fingerprint density at radius 1 is 1.17 bits per heavy atom. The normalized spacial score (nSPS) is 16.6. The van der Waals surface area contributed by atoms with Gasteiger partial charge in [-0.05, 0) is 37.1 Å². The maximum absolute atomic E-state index is 12.3. The van der Waals surface area contributed by atoms with Crippen LogP contribution in [-0.4, -0.2) is 35.3 Å². The number of aliphatic carboxylic acids is 1. The fraction of sp³-hybridized carbons (Fsp3) is 0.500. The highest BCUT2D eigenvalue weighted by molar-refractivity contribution is 5.95. The summed E-state index contributed by atoms with van der Waals surface area (Å²) >= 11 is 0. The highest BCUT2D eigenvalue weighted by Crippen LogP contribution is 2.33. The van der Waals surface area contributed by atoms with Crippen molar-refractivity contribution >= 4 is 11.9 Å². The molecule has 8 heteroatoms. The number of ether oxygens (including phenoxy) is 1.